The zero-order chi connectivity index (χ0) is 8.43. The number of hydrogen-bond acceptors (Lipinski definition) is 0. The predicted molar refractivity (Wildman–Crippen MR) is 53.0 cm³/mol. The Morgan fingerprint density at radius 1 is 1.18 bits per heavy atom. The first-order valence-corrected chi connectivity index (χ1v) is 4.70. The molecule has 0 saturated heterocycles. The average Bonchev–Trinajstić information content (AvgIpc) is 1.97. The minimum Gasteiger partial charge on any atom is -0.0613 e. The van der Waals surface area contributed by atoms with Gasteiger partial charge in [-0.1, -0.05) is 28.9 Å². The predicted octanol–water partition coefficient (Wildman–Crippen LogP) is 3.63. The van der Waals surface area contributed by atoms with E-state index in [0.29, 0.717) is 0 Å². The van der Waals surface area contributed by atoms with E-state index in [-0.39, 0.29) is 0 Å². The van der Waals surface area contributed by atoms with Crippen LogP contribution in [0.3, 0.4) is 0 Å². The van der Waals surface area contributed by atoms with Gasteiger partial charge in [-0.2, -0.15) is 0 Å². The zero-order valence-corrected chi connectivity index (χ0v) is 8.83. The van der Waals surface area contributed by atoms with Gasteiger partial charge in [0.05, 0.1) is 0 Å². The Kier molecular flexibility index (Phi) is 2.72. The van der Waals surface area contributed by atoms with Crippen molar-refractivity contribution >= 4 is 15.9 Å². The van der Waals surface area contributed by atoms with Gasteiger partial charge in [0.15, 0.2) is 0 Å². The molecule has 0 atom stereocenters. The summed E-state index contributed by atoms with van der Waals surface area (Å²) >= 11 is 3.51. The third kappa shape index (κ3) is 1.84. The van der Waals surface area contributed by atoms with Crippen LogP contribution in [0.15, 0.2) is 16.6 Å². The molecule has 0 radical (unpaired) electrons. The minimum absolute atomic E-state index is 1.12. The van der Waals surface area contributed by atoms with E-state index in [4.69, 9.17) is 0 Å². The van der Waals surface area contributed by atoms with Gasteiger partial charge in [0, 0.05) is 4.47 Å². The monoisotopic (exact) mass is 212 g/mol. The maximum atomic E-state index is 3.51. The van der Waals surface area contributed by atoms with Gasteiger partial charge in [0.1, 0.15) is 0 Å². The van der Waals surface area contributed by atoms with E-state index in [1.807, 2.05) is 0 Å². The molecule has 0 saturated carbocycles. The molecule has 1 rings (SSSR count). The fourth-order valence-electron chi connectivity index (χ4n) is 1.22. The molecule has 0 aromatic heterocycles. The normalized spacial score (nSPS) is 10.2. The third-order valence-corrected chi connectivity index (χ3v) is 2.85. The fourth-order valence-corrected chi connectivity index (χ4v) is 1.68. The van der Waals surface area contributed by atoms with Crippen LogP contribution in [0.1, 0.15) is 23.6 Å². The van der Waals surface area contributed by atoms with Crippen LogP contribution in [0.2, 0.25) is 0 Å². The Bertz CT molecular complexity index is 264. The second-order valence-corrected chi connectivity index (χ2v) is 3.74. The van der Waals surface area contributed by atoms with Crippen molar-refractivity contribution in [1.82, 2.24) is 0 Å². The molecule has 1 heteroatoms. The van der Waals surface area contributed by atoms with Crippen molar-refractivity contribution in [1.29, 1.82) is 0 Å². The van der Waals surface area contributed by atoms with Crippen LogP contribution >= 0.6 is 15.9 Å². The standard InChI is InChI=1S/C10H13Br/c1-4-9-5-8(3)10(11)6-7(9)2/h5-6H,4H2,1-3H3. The van der Waals surface area contributed by atoms with Crippen molar-refractivity contribution in [2.75, 3.05) is 0 Å². The molecule has 0 spiro atoms. The van der Waals surface area contributed by atoms with Gasteiger partial charge in [-0.15, -0.1) is 0 Å². The molecular formula is C10H13Br. The number of aryl methyl sites for hydroxylation is 3. The smallest absolute Gasteiger partial charge is 0.0207 e. The van der Waals surface area contributed by atoms with E-state index >= 15 is 0 Å². The van der Waals surface area contributed by atoms with Gasteiger partial charge in [-0.05, 0) is 43.0 Å². The first-order chi connectivity index (χ1) is 5.15. The highest BCUT2D eigenvalue weighted by Gasteiger charge is 1.99. The van der Waals surface area contributed by atoms with Crippen LogP contribution in [-0.2, 0) is 6.42 Å². The molecule has 0 bridgehead atoms. The van der Waals surface area contributed by atoms with Crippen molar-refractivity contribution < 1.29 is 0 Å². The molecule has 0 amide bonds. The summed E-state index contributed by atoms with van der Waals surface area (Å²) in [5.41, 5.74) is 4.16. The van der Waals surface area contributed by atoms with E-state index in [9.17, 15) is 0 Å². The summed E-state index contributed by atoms with van der Waals surface area (Å²) in [6.45, 7) is 6.47. The highest BCUT2D eigenvalue weighted by molar-refractivity contribution is 9.10. The lowest BCUT2D eigenvalue weighted by atomic mass is 10.0. The highest BCUT2D eigenvalue weighted by atomic mass is 79.9. The number of rotatable bonds is 1. The molecule has 0 aliphatic carbocycles. The topological polar surface area (TPSA) is 0 Å². The lowest BCUT2D eigenvalue weighted by molar-refractivity contribution is 1.10. The van der Waals surface area contributed by atoms with Crippen LogP contribution in [0.4, 0.5) is 0 Å². The maximum Gasteiger partial charge on any atom is 0.0207 e. The Morgan fingerprint density at radius 2 is 1.82 bits per heavy atom. The summed E-state index contributed by atoms with van der Waals surface area (Å²) in [5, 5.41) is 0. The first-order valence-electron chi connectivity index (χ1n) is 3.90. The average molecular weight is 213 g/mol. The Morgan fingerprint density at radius 3 is 2.36 bits per heavy atom. The van der Waals surface area contributed by atoms with E-state index in [2.05, 4.69) is 48.8 Å². The summed E-state index contributed by atoms with van der Waals surface area (Å²) in [6.07, 6.45) is 1.12. The molecule has 1 aromatic carbocycles. The first kappa shape index (κ1) is 8.79. The van der Waals surface area contributed by atoms with Gasteiger partial charge in [0.2, 0.25) is 0 Å². The van der Waals surface area contributed by atoms with E-state index in [1.54, 1.807) is 0 Å². The summed E-state index contributed by atoms with van der Waals surface area (Å²) < 4.78 is 1.22. The lowest BCUT2D eigenvalue weighted by Crippen LogP contribution is -1.88. The molecule has 0 aliphatic rings. The molecule has 0 fully saturated rings. The van der Waals surface area contributed by atoms with E-state index < -0.39 is 0 Å². The summed E-state index contributed by atoms with van der Waals surface area (Å²) in [7, 11) is 0. The fraction of sp³-hybridized carbons (Fsp3) is 0.400. The molecular weight excluding hydrogens is 200 g/mol. The number of benzene rings is 1. The number of hydrogen-bond donors (Lipinski definition) is 0. The van der Waals surface area contributed by atoms with Gasteiger partial charge in [-0.25, -0.2) is 0 Å². The van der Waals surface area contributed by atoms with Crippen molar-refractivity contribution in [3.8, 4) is 0 Å². The van der Waals surface area contributed by atoms with Crippen LogP contribution < -0.4 is 0 Å². The highest BCUT2D eigenvalue weighted by Crippen LogP contribution is 2.20. The lowest BCUT2D eigenvalue weighted by Gasteiger charge is -2.05. The quantitative estimate of drug-likeness (QED) is 0.668. The van der Waals surface area contributed by atoms with Gasteiger partial charge in [0.25, 0.3) is 0 Å². The van der Waals surface area contributed by atoms with E-state index in [1.165, 1.54) is 21.2 Å². The minimum atomic E-state index is 1.12. The Balaban J connectivity index is 3.21. The van der Waals surface area contributed by atoms with Crippen molar-refractivity contribution in [3.63, 3.8) is 0 Å². The molecule has 1 aromatic rings. The van der Waals surface area contributed by atoms with Gasteiger partial charge < -0.3 is 0 Å². The molecule has 0 N–H and O–H groups in total. The van der Waals surface area contributed by atoms with Crippen molar-refractivity contribution in [2.45, 2.75) is 27.2 Å². The number of halogens is 1. The molecule has 60 valence electrons. The van der Waals surface area contributed by atoms with Crippen LogP contribution in [0.5, 0.6) is 0 Å². The summed E-state index contributed by atoms with van der Waals surface area (Å²) in [6, 6.07) is 4.44. The van der Waals surface area contributed by atoms with Crippen LogP contribution in [0, 0.1) is 13.8 Å². The molecule has 0 aliphatic heterocycles. The van der Waals surface area contributed by atoms with Crippen molar-refractivity contribution in [2.24, 2.45) is 0 Å². The second-order valence-electron chi connectivity index (χ2n) is 2.88. The van der Waals surface area contributed by atoms with Crippen LogP contribution in [0.25, 0.3) is 0 Å². The Hall–Kier alpha value is -0.300. The zero-order valence-electron chi connectivity index (χ0n) is 7.24. The summed E-state index contributed by atoms with van der Waals surface area (Å²) in [4.78, 5) is 0. The van der Waals surface area contributed by atoms with E-state index in [0.717, 1.165) is 6.42 Å². The largest absolute Gasteiger partial charge is 0.0613 e. The van der Waals surface area contributed by atoms with Gasteiger partial charge >= 0.3 is 0 Å². The van der Waals surface area contributed by atoms with Gasteiger partial charge in [-0.3, -0.25) is 0 Å². The maximum absolute atomic E-state index is 3.51. The third-order valence-electron chi connectivity index (χ3n) is 2.00. The molecule has 11 heavy (non-hydrogen) atoms. The molecule has 0 nitrogen and oxygen atoms in total. The Labute approximate surface area is 76.8 Å². The summed E-state index contributed by atoms with van der Waals surface area (Å²) in [5.74, 6) is 0. The van der Waals surface area contributed by atoms with Crippen molar-refractivity contribution in [3.05, 3.63) is 33.3 Å². The SMILES string of the molecule is CCc1cc(C)c(Br)cc1C. The van der Waals surface area contributed by atoms with Crippen LogP contribution in [-0.4, -0.2) is 0 Å². The second kappa shape index (κ2) is 3.40. The molecule has 0 unspecified atom stereocenters. The molecule has 0 heterocycles.